The number of nitro benzene ring substituents is 1. The molecule has 134 valence electrons. The number of pyridine rings is 1. The quantitative estimate of drug-likeness (QED) is 0.429. The molecule has 1 aromatic carbocycles. The lowest BCUT2D eigenvalue weighted by Gasteiger charge is -2.14. The summed E-state index contributed by atoms with van der Waals surface area (Å²) in [4.78, 5) is 46.9. The zero-order chi connectivity index (χ0) is 19.2. The predicted octanol–water partition coefficient (Wildman–Crippen LogP) is 1.37. The average Bonchev–Trinajstić information content (AvgIpc) is 2.84. The number of nitrogen functional groups attached to an aromatic ring is 1. The highest BCUT2D eigenvalue weighted by Gasteiger charge is 2.33. The van der Waals surface area contributed by atoms with Crippen LogP contribution in [0.5, 0.6) is 5.75 Å². The number of nitrogens with zero attached hydrogens (tertiary/aromatic N) is 2. The van der Waals surface area contributed by atoms with Gasteiger partial charge < -0.3 is 10.5 Å². The first-order chi connectivity index (χ1) is 12.3. The topological polar surface area (TPSA) is 147 Å². The minimum Gasteiger partial charge on any atom is -0.493 e. The van der Waals surface area contributed by atoms with Crippen molar-refractivity contribution in [1.29, 1.82) is 0 Å². The number of benzene rings is 1. The van der Waals surface area contributed by atoms with Gasteiger partial charge in [-0.1, -0.05) is 0 Å². The van der Waals surface area contributed by atoms with Gasteiger partial charge in [0.25, 0.3) is 23.1 Å². The normalized spacial score (nSPS) is 12.7. The minimum absolute atomic E-state index is 0.168. The number of anilines is 1. The molecule has 1 aromatic heterocycles. The number of fused-ring (bicyclic) bond motifs is 1. The molecule has 2 aromatic rings. The Morgan fingerprint density at radius 2 is 1.96 bits per heavy atom. The van der Waals surface area contributed by atoms with Crippen LogP contribution in [-0.4, -0.2) is 27.9 Å². The minimum atomic E-state index is -0.793. The number of rotatable bonds is 4. The van der Waals surface area contributed by atoms with E-state index in [4.69, 9.17) is 10.5 Å². The third-order valence-electron chi connectivity index (χ3n) is 3.72. The van der Waals surface area contributed by atoms with Crippen molar-refractivity contribution in [2.75, 3.05) is 12.3 Å². The number of nitrogens with two attached hydrogens (primary N) is 1. The van der Waals surface area contributed by atoms with Crippen LogP contribution in [0.25, 0.3) is 5.69 Å². The van der Waals surface area contributed by atoms with Crippen LogP contribution < -0.4 is 21.3 Å². The van der Waals surface area contributed by atoms with Gasteiger partial charge in [-0.2, -0.15) is 0 Å². The van der Waals surface area contributed by atoms with Crippen LogP contribution in [0, 0.1) is 10.1 Å². The molecule has 0 saturated heterocycles. The highest BCUT2D eigenvalue weighted by Crippen LogP contribution is 2.36. The molecular formula is C15H11BrN4O6. The zero-order valence-corrected chi connectivity index (χ0v) is 14.8. The molecule has 1 aliphatic heterocycles. The van der Waals surface area contributed by atoms with Crippen molar-refractivity contribution < 1.29 is 19.2 Å². The Balaban J connectivity index is 2.37. The molecule has 0 atom stereocenters. The molecule has 0 bridgehead atoms. The molecular weight excluding hydrogens is 412 g/mol. The first kappa shape index (κ1) is 17.6. The number of carbonyl (C=O) groups excluding carboxylic acids is 2. The summed E-state index contributed by atoms with van der Waals surface area (Å²) in [5.41, 5.74) is 4.15. The molecule has 2 amide bonds. The lowest BCUT2D eigenvalue weighted by molar-refractivity contribution is -0.384. The highest BCUT2D eigenvalue weighted by atomic mass is 79.9. The maximum atomic E-state index is 12.5. The number of amides is 2. The van der Waals surface area contributed by atoms with Crippen molar-refractivity contribution >= 4 is 39.2 Å². The third kappa shape index (κ3) is 2.62. The Kier molecular flexibility index (Phi) is 4.24. The standard InChI is InChI=1S/C15H11BrN4O6/c1-2-26-10-5-8(9(20(24)25)4-7(10)16)19-11(21)3-6-12(13(19)17)15(23)18-14(6)22/h3-5H,2,17H2,1H3,(H,18,22,23). The van der Waals surface area contributed by atoms with E-state index < -0.39 is 28.0 Å². The number of hydrogen-bond donors (Lipinski definition) is 2. The molecule has 26 heavy (non-hydrogen) atoms. The summed E-state index contributed by atoms with van der Waals surface area (Å²) in [5.74, 6) is -1.65. The van der Waals surface area contributed by atoms with E-state index in [1.807, 2.05) is 5.32 Å². The van der Waals surface area contributed by atoms with E-state index in [0.29, 0.717) is 4.47 Å². The van der Waals surface area contributed by atoms with Crippen molar-refractivity contribution in [3.05, 3.63) is 54.3 Å². The van der Waals surface area contributed by atoms with Crippen LogP contribution >= 0.6 is 15.9 Å². The largest absolute Gasteiger partial charge is 0.493 e. The van der Waals surface area contributed by atoms with Crippen LogP contribution in [0.1, 0.15) is 27.6 Å². The van der Waals surface area contributed by atoms with Gasteiger partial charge in [-0.3, -0.25) is 34.4 Å². The number of ether oxygens (including phenoxy) is 1. The van der Waals surface area contributed by atoms with E-state index in [-0.39, 0.29) is 35.0 Å². The molecule has 0 saturated carbocycles. The van der Waals surface area contributed by atoms with Gasteiger partial charge in [0.05, 0.1) is 27.1 Å². The van der Waals surface area contributed by atoms with Crippen LogP contribution in [0.15, 0.2) is 27.5 Å². The third-order valence-corrected chi connectivity index (χ3v) is 4.34. The van der Waals surface area contributed by atoms with E-state index in [0.717, 1.165) is 10.6 Å². The maximum absolute atomic E-state index is 12.5. The summed E-state index contributed by atoms with van der Waals surface area (Å²) < 4.78 is 6.51. The molecule has 0 spiro atoms. The van der Waals surface area contributed by atoms with Gasteiger partial charge in [-0.15, -0.1) is 0 Å². The number of hydrogen-bond acceptors (Lipinski definition) is 7. The van der Waals surface area contributed by atoms with E-state index in [9.17, 15) is 24.5 Å². The summed E-state index contributed by atoms with van der Waals surface area (Å²) >= 11 is 3.17. The van der Waals surface area contributed by atoms with Crippen molar-refractivity contribution in [1.82, 2.24) is 9.88 Å². The predicted molar refractivity (Wildman–Crippen MR) is 93.8 cm³/mol. The monoisotopic (exact) mass is 422 g/mol. The van der Waals surface area contributed by atoms with E-state index >= 15 is 0 Å². The Morgan fingerprint density at radius 1 is 1.27 bits per heavy atom. The molecule has 11 heteroatoms. The Labute approximate surface area is 153 Å². The summed E-state index contributed by atoms with van der Waals surface area (Å²) in [5, 5.41) is 13.5. The second kappa shape index (κ2) is 6.26. The Bertz CT molecular complexity index is 1050. The van der Waals surface area contributed by atoms with Crippen LogP contribution in [-0.2, 0) is 0 Å². The maximum Gasteiger partial charge on any atom is 0.294 e. The van der Waals surface area contributed by atoms with Gasteiger partial charge in [0.1, 0.15) is 17.3 Å². The van der Waals surface area contributed by atoms with Crippen molar-refractivity contribution in [3.8, 4) is 11.4 Å². The average molecular weight is 423 g/mol. The number of aromatic nitrogens is 1. The Hall–Kier alpha value is -3.21. The second-order valence-electron chi connectivity index (χ2n) is 5.24. The number of imide groups is 1. The van der Waals surface area contributed by atoms with Gasteiger partial charge in [0.2, 0.25) is 0 Å². The summed E-state index contributed by atoms with van der Waals surface area (Å²) in [6.07, 6.45) is 0. The summed E-state index contributed by atoms with van der Waals surface area (Å²) in [7, 11) is 0. The zero-order valence-electron chi connectivity index (χ0n) is 13.2. The molecule has 0 unspecified atom stereocenters. The molecule has 10 nitrogen and oxygen atoms in total. The van der Waals surface area contributed by atoms with Gasteiger partial charge in [-0.05, 0) is 22.9 Å². The lowest BCUT2D eigenvalue weighted by atomic mass is 10.1. The Morgan fingerprint density at radius 3 is 2.58 bits per heavy atom. The van der Waals surface area contributed by atoms with Gasteiger partial charge in [0, 0.05) is 18.2 Å². The molecule has 1 aliphatic rings. The molecule has 0 aliphatic carbocycles. The number of nitro groups is 1. The fraction of sp³-hybridized carbons (Fsp3) is 0.133. The van der Waals surface area contributed by atoms with Gasteiger partial charge in [0.15, 0.2) is 0 Å². The number of nitrogens with one attached hydrogen (secondary N) is 1. The van der Waals surface area contributed by atoms with Crippen molar-refractivity contribution in [3.63, 3.8) is 0 Å². The second-order valence-corrected chi connectivity index (χ2v) is 6.09. The number of halogens is 1. The van der Waals surface area contributed by atoms with E-state index in [2.05, 4.69) is 15.9 Å². The fourth-order valence-electron chi connectivity index (χ4n) is 2.65. The first-order valence-electron chi connectivity index (χ1n) is 7.28. The van der Waals surface area contributed by atoms with Crippen LogP contribution in [0.2, 0.25) is 0 Å². The first-order valence-corrected chi connectivity index (χ1v) is 8.07. The van der Waals surface area contributed by atoms with Crippen LogP contribution in [0.3, 0.4) is 0 Å². The molecule has 3 rings (SSSR count). The van der Waals surface area contributed by atoms with E-state index in [1.54, 1.807) is 6.92 Å². The van der Waals surface area contributed by atoms with Crippen molar-refractivity contribution in [2.24, 2.45) is 0 Å². The highest BCUT2D eigenvalue weighted by molar-refractivity contribution is 9.10. The van der Waals surface area contributed by atoms with Crippen LogP contribution in [0.4, 0.5) is 11.5 Å². The fourth-order valence-corrected chi connectivity index (χ4v) is 3.10. The van der Waals surface area contributed by atoms with E-state index in [1.165, 1.54) is 12.1 Å². The number of carbonyl (C=O) groups is 2. The molecule has 3 N–H and O–H groups in total. The molecule has 0 fully saturated rings. The van der Waals surface area contributed by atoms with Gasteiger partial charge >= 0.3 is 0 Å². The summed E-state index contributed by atoms with van der Waals surface area (Å²) in [6.45, 7) is 2.00. The molecule has 2 heterocycles. The van der Waals surface area contributed by atoms with Crippen molar-refractivity contribution in [2.45, 2.75) is 6.92 Å². The SMILES string of the molecule is CCOc1cc(-n2c(N)c3c(cc2=O)C(=O)NC3=O)c([N+](=O)[O-])cc1Br. The van der Waals surface area contributed by atoms with Gasteiger partial charge in [-0.25, -0.2) is 0 Å². The molecule has 0 radical (unpaired) electrons. The smallest absolute Gasteiger partial charge is 0.294 e. The summed E-state index contributed by atoms with van der Waals surface area (Å²) in [6, 6.07) is 3.35. The lowest BCUT2D eigenvalue weighted by Crippen LogP contribution is -2.24.